The lowest BCUT2D eigenvalue weighted by Crippen LogP contribution is -2.01. The highest BCUT2D eigenvalue weighted by molar-refractivity contribution is 9.08. The summed E-state index contributed by atoms with van der Waals surface area (Å²) in [4.78, 5) is 0. The SMILES string of the molecule is Cn1c(CBr)nnc1CC1CC1. The molecule has 0 saturated heterocycles. The fraction of sp³-hybridized carbons (Fsp3) is 0.750. The van der Waals surface area contributed by atoms with E-state index in [0.717, 1.165) is 29.3 Å². The average Bonchev–Trinajstić information content (AvgIpc) is 2.80. The molecule has 1 aliphatic carbocycles. The van der Waals surface area contributed by atoms with Crippen LogP contribution in [0.2, 0.25) is 0 Å². The molecule has 0 amide bonds. The minimum atomic E-state index is 0.793. The van der Waals surface area contributed by atoms with Crippen molar-refractivity contribution in [2.75, 3.05) is 0 Å². The van der Waals surface area contributed by atoms with E-state index in [1.54, 1.807) is 0 Å². The van der Waals surface area contributed by atoms with E-state index in [1.807, 2.05) is 7.05 Å². The maximum absolute atomic E-state index is 4.15. The summed E-state index contributed by atoms with van der Waals surface area (Å²) in [7, 11) is 2.04. The minimum absolute atomic E-state index is 0.793. The Balaban J connectivity index is 2.13. The summed E-state index contributed by atoms with van der Waals surface area (Å²) in [6.07, 6.45) is 3.85. The van der Waals surface area contributed by atoms with Gasteiger partial charge in [0, 0.05) is 13.5 Å². The van der Waals surface area contributed by atoms with Gasteiger partial charge in [0.05, 0.1) is 5.33 Å². The molecule has 1 saturated carbocycles. The van der Waals surface area contributed by atoms with Gasteiger partial charge < -0.3 is 4.57 Å². The molecule has 4 heteroatoms. The van der Waals surface area contributed by atoms with Crippen molar-refractivity contribution >= 4 is 15.9 Å². The Bertz CT molecular complexity index is 278. The van der Waals surface area contributed by atoms with Crippen LogP contribution >= 0.6 is 15.9 Å². The van der Waals surface area contributed by atoms with Crippen molar-refractivity contribution in [2.24, 2.45) is 13.0 Å². The summed E-state index contributed by atoms with van der Waals surface area (Å²) in [5.41, 5.74) is 0. The Morgan fingerprint density at radius 2 is 2.08 bits per heavy atom. The highest BCUT2D eigenvalue weighted by atomic mass is 79.9. The van der Waals surface area contributed by atoms with E-state index >= 15 is 0 Å². The van der Waals surface area contributed by atoms with Crippen molar-refractivity contribution in [2.45, 2.75) is 24.6 Å². The van der Waals surface area contributed by atoms with Crippen molar-refractivity contribution < 1.29 is 0 Å². The van der Waals surface area contributed by atoms with E-state index in [4.69, 9.17) is 0 Å². The summed E-state index contributed by atoms with van der Waals surface area (Å²) < 4.78 is 2.09. The van der Waals surface area contributed by atoms with Gasteiger partial charge in [-0.25, -0.2) is 0 Å². The molecule has 3 nitrogen and oxygen atoms in total. The van der Waals surface area contributed by atoms with Crippen LogP contribution in [0.1, 0.15) is 24.5 Å². The number of halogens is 1. The number of rotatable bonds is 3. The smallest absolute Gasteiger partial charge is 0.143 e. The molecule has 0 aliphatic heterocycles. The van der Waals surface area contributed by atoms with Gasteiger partial charge in [-0.3, -0.25) is 0 Å². The fourth-order valence-corrected chi connectivity index (χ4v) is 1.76. The van der Waals surface area contributed by atoms with E-state index in [9.17, 15) is 0 Å². The summed E-state index contributed by atoms with van der Waals surface area (Å²) in [5, 5.41) is 9.02. The van der Waals surface area contributed by atoms with Crippen molar-refractivity contribution in [3.05, 3.63) is 11.6 Å². The molecular formula is C8H12BrN3. The number of hydrogen-bond donors (Lipinski definition) is 0. The monoisotopic (exact) mass is 229 g/mol. The van der Waals surface area contributed by atoms with Gasteiger partial charge in [0.15, 0.2) is 0 Å². The van der Waals surface area contributed by atoms with E-state index in [-0.39, 0.29) is 0 Å². The molecule has 0 bridgehead atoms. The van der Waals surface area contributed by atoms with Gasteiger partial charge >= 0.3 is 0 Å². The maximum atomic E-state index is 4.15. The van der Waals surface area contributed by atoms with Crippen LogP contribution in [0.25, 0.3) is 0 Å². The highest BCUT2D eigenvalue weighted by Gasteiger charge is 2.24. The van der Waals surface area contributed by atoms with Gasteiger partial charge in [0.1, 0.15) is 11.6 Å². The molecule has 0 unspecified atom stereocenters. The third kappa shape index (κ3) is 1.53. The standard InChI is InChI=1S/C8H12BrN3/c1-12-7(4-6-2-3-6)10-11-8(12)5-9/h6H,2-5H2,1H3. The lowest BCUT2D eigenvalue weighted by Gasteiger charge is -1.99. The van der Waals surface area contributed by atoms with Crippen LogP contribution in [0.5, 0.6) is 0 Å². The summed E-state index contributed by atoms with van der Waals surface area (Å²) in [5.74, 6) is 3.04. The van der Waals surface area contributed by atoms with Crippen LogP contribution in [-0.2, 0) is 18.8 Å². The van der Waals surface area contributed by atoms with E-state index in [2.05, 4.69) is 30.7 Å². The van der Waals surface area contributed by atoms with Crippen molar-refractivity contribution in [1.29, 1.82) is 0 Å². The number of alkyl halides is 1. The first-order valence-corrected chi connectivity index (χ1v) is 5.36. The zero-order chi connectivity index (χ0) is 8.55. The second-order valence-corrected chi connectivity index (χ2v) is 3.93. The first kappa shape index (κ1) is 8.23. The average molecular weight is 230 g/mol. The van der Waals surface area contributed by atoms with Crippen LogP contribution in [0.4, 0.5) is 0 Å². The molecule has 0 spiro atoms. The van der Waals surface area contributed by atoms with E-state index in [1.165, 1.54) is 12.8 Å². The van der Waals surface area contributed by atoms with Crippen LogP contribution < -0.4 is 0 Å². The molecule has 2 rings (SSSR count). The lowest BCUT2D eigenvalue weighted by molar-refractivity contribution is 0.707. The van der Waals surface area contributed by atoms with Crippen molar-refractivity contribution in [3.63, 3.8) is 0 Å². The first-order chi connectivity index (χ1) is 5.81. The molecule has 0 N–H and O–H groups in total. The molecule has 66 valence electrons. The molecule has 1 aromatic heterocycles. The van der Waals surface area contributed by atoms with Crippen LogP contribution in [-0.4, -0.2) is 14.8 Å². The van der Waals surface area contributed by atoms with Crippen LogP contribution in [0.15, 0.2) is 0 Å². The number of nitrogens with zero attached hydrogens (tertiary/aromatic N) is 3. The van der Waals surface area contributed by atoms with Crippen LogP contribution in [0.3, 0.4) is 0 Å². The zero-order valence-electron chi connectivity index (χ0n) is 7.13. The Kier molecular flexibility index (Phi) is 2.17. The predicted molar refractivity (Wildman–Crippen MR) is 50.1 cm³/mol. The second-order valence-electron chi connectivity index (χ2n) is 3.37. The number of aromatic nitrogens is 3. The topological polar surface area (TPSA) is 30.7 Å². The molecule has 0 radical (unpaired) electrons. The van der Waals surface area contributed by atoms with Gasteiger partial charge in [-0.1, -0.05) is 15.9 Å². The maximum Gasteiger partial charge on any atom is 0.143 e. The van der Waals surface area contributed by atoms with Crippen molar-refractivity contribution in [3.8, 4) is 0 Å². The predicted octanol–water partition coefficient (Wildman–Crippen LogP) is 1.66. The molecular weight excluding hydrogens is 218 g/mol. The summed E-state index contributed by atoms with van der Waals surface area (Å²) in [6, 6.07) is 0. The Morgan fingerprint density at radius 1 is 1.42 bits per heavy atom. The number of hydrogen-bond acceptors (Lipinski definition) is 2. The Labute approximate surface area is 80.3 Å². The molecule has 0 aromatic carbocycles. The third-order valence-corrected chi connectivity index (χ3v) is 2.84. The van der Waals surface area contributed by atoms with Crippen molar-refractivity contribution in [1.82, 2.24) is 14.8 Å². The van der Waals surface area contributed by atoms with Crippen LogP contribution in [0, 0.1) is 5.92 Å². The molecule has 12 heavy (non-hydrogen) atoms. The quantitative estimate of drug-likeness (QED) is 0.739. The molecule has 1 heterocycles. The Morgan fingerprint density at radius 3 is 2.58 bits per heavy atom. The largest absolute Gasteiger partial charge is 0.317 e. The molecule has 1 aromatic rings. The van der Waals surface area contributed by atoms with Gasteiger partial charge in [-0.15, -0.1) is 10.2 Å². The normalized spacial score (nSPS) is 16.8. The zero-order valence-corrected chi connectivity index (χ0v) is 8.71. The Hall–Kier alpha value is -0.380. The highest BCUT2D eigenvalue weighted by Crippen LogP contribution is 2.31. The first-order valence-electron chi connectivity index (χ1n) is 4.24. The van der Waals surface area contributed by atoms with E-state index < -0.39 is 0 Å². The minimum Gasteiger partial charge on any atom is -0.317 e. The van der Waals surface area contributed by atoms with Gasteiger partial charge in [0.25, 0.3) is 0 Å². The fourth-order valence-electron chi connectivity index (χ4n) is 1.27. The molecule has 1 aliphatic rings. The summed E-state index contributed by atoms with van der Waals surface area (Å²) in [6.45, 7) is 0. The summed E-state index contributed by atoms with van der Waals surface area (Å²) >= 11 is 3.38. The van der Waals surface area contributed by atoms with Gasteiger partial charge in [0.2, 0.25) is 0 Å². The third-order valence-electron chi connectivity index (χ3n) is 2.34. The molecule has 0 atom stereocenters. The molecule has 1 fully saturated rings. The lowest BCUT2D eigenvalue weighted by atomic mass is 10.3. The van der Waals surface area contributed by atoms with E-state index in [0.29, 0.717) is 0 Å². The second kappa shape index (κ2) is 3.17. The van der Waals surface area contributed by atoms with Gasteiger partial charge in [-0.2, -0.15) is 0 Å². The van der Waals surface area contributed by atoms with Gasteiger partial charge in [-0.05, 0) is 18.8 Å².